The first-order valence-electron chi connectivity index (χ1n) is 11.1. The summed E-state index contributed by atoms with van der Waals surface area (Å²) in [5, 5.41) is 14.1. The van der Waals surface area contributed by atoms with Crippen molar-refractivity contribution >= 4 is 58.2 Å². The number of rotatable bonds is 8. The number of hydrogen-bond acceptors (Lipinski definition) is 6. The summed E-state index contributed by atoms with van der Waals surface area (Å²) in [5.74, 6) is 0.681. The zero-order chi connectivity index (χ0) is 27.2. The Morgan fingerprint density at radius 1 is 0.947 bits per heavy atom. The molecule has 0 spiro atoms. The molecule has 3 aromatic carbocycles. The van der Waals surface area contributed by atoms with Gasteiger partial charge in [0.15, 0.2) is 11.5 Å². The molecule has 0 fully saturated rings. The number of halogens is 3. The lowest BCUT2D eigenvalue weighted by Gasteiger charge is -2.15. The van der Waals surface area contributed by atoms with Gasteiger partial charge in [0.1, 0.15) is 11.1 Å². The van der Waals surface area contributed by atoms with Crippen LogP contribution in [0.4, 0.5) is 5.69 Å². The number of nitriles is 1. The summed E-state index contributed by atoms with van der Waals surface area (Å²) in [6.07, 6.45) is 0. The molecule has 6 nitrogen and oxygen atoms in total. The number of benzene rings is 3. The quantitative estimate of drug-likeness (QED) is 0.211. The first kappa shape index (κ1) is 27.6. The predicted molar refractivity (Wildman–Crippen MR) is 154 cm³/mol. The first-order chi connectivity index (χ1) is 18.3. The number of thioether (sulfide) groups is 1. The molecule has 0 atom stereocenters. The van der Waals surface area contributed by atoms with Gasteiger partial charge in [0.05, 0.1) is 47.0 Å². The van der Waals surface area contributed by atoms with Crippen molar-refractivity contribution in [3.63, 3.8) is 0 Å². The van der Waals surface area contributed by atoms with E-state index in [9.17, 15) is 10.1 Å². The van der Waals surface area contributed by atoms with Crippen LogP contribution in [0.2, 0.25) is 15.1 Å². The molecule has 0 bridgehead atoms. The minimum atomic E-state index is -0.371. The summed E-state index contributed by atoms with van der Waals surface area (Å²) in [6, 6.07) is 22.1. The fourth-order valence-electron chi connectivity index (χ4n) is 3.69. The van der Waals surface area contributed by atoms with Crippen molar-refractivity contribution in [3.8, 4) is 40.0 Å². The largest absolute Gasteiger partial charge is 0.493 e. The third kappa shape index (κ3) is 6.17. The van der Waals surface area contributed by atoms with Crippen LogP contribution < -0.4 is 14.8 Å². The lowest BCUT2D eigenvalue weighted by atomic mass is 9.99. The van der Waals surface area contributed by atoms with E-state index in [0.717, 1.165) is 22.9 Å². The Bertz CT molecular complexity index is 1520. The number of hydrogen-bond donors (Lipinski definition) is 1. The highest BCUT2D eigenvalue weighted by atomic mass is 35.5. The number of pyridine rings is 1. The number of aromatic nitrogens is 1. The Balaban J connectivity index is 1.72. The van der Waals surface area contributed by atoms with Crippen molar-refractivity contribution in [2.45, 2.75) is 5.03 Å². The van der Waals surface area contributed by atoms with Crippen LogP contribution in [0.5, 0.6) is 11.5 Å². The van der Waals surface area contributed by atoms with Crippen LogP contribution in [-0.4, -0.2) is 30.9 Å². The molecule has 1 N–H and O–H groups in total. The Hall–Kier alpha value is -3.41. The minimum absolute atomic E-state index is 0.0411. The molecule has 0 saturated carbocycles. The Morgan fingerprint density at radius 3 is 2.26 bits per heavy atom. The average Bonchev–Trinajstić information content (AvgIpc) is 2.93. The van der Waals surface area contributed by atoms with Crippen LogP contribution >= 0.6 is 46.6 Å². The van der Waals surface area contributed by atoms with Gasteiger partial charge < -0.3 is 14.8 Å². The molecule has 0 unspecified atom stereocenters. The van der Waals surface area contributed by atoms with E-state index in [1.165, 1.54) is 12.1 Å². The fraction of sp³-hybridized carbons (Fsp3) is 0.107. The van der Waals surface area contributed by atoms with Gasteiger partial charge in [0, 0.05) is 16.1 Å². The molecule has 0 aliphatic carbocycles. The standard InChI is InChI=1S/C28H20Cl3N3O3S/c1-36-24-9-8-17(10-25(24)37-2)19-13-23(16-6-4-3-5-7-16)33-28(20(19)14-32)38-15-26(35)34-27-21(30)11-18(29)12-22(27)31/h3-13H,15H2,1-2H3,(H,34,35). The Kier molecular flexibility index (Phi) is 9.03. The van der Waals surface area contributed by atoms with Gasteiger partial charge in [-0.05, 0) is 35.9 Å². The van der Waals surface area contributed by atoms with Crippen LogP contribution in [0, 0.1) is 11.3 Å². The maximum absolute atomic E-state index is 12.8. The zero-order valence-electron chi connectivity index (χ0n) is 20.2. The molecule has 0 radical (unpaired) electrons. The van der Waals surface area contributed by atoms with Crippen LogP contribution in [0.25, 0.3) is 22.4 Å². The van der Waals surface area contributed by atoms with E-state index in [4.69, 9.17) is 49.3 Å². The number of carbonyl (C=O) groups is 1. The third-order valence-corrected chi connectivity index (χ3v) is 7.26. The van der Waals surface area contributed by atoms with E-state index in [1.807, 2.05) is 42.5 Å². The zero-order valence-corrected chi connectivity index (χ0v) is 23.3. The predicted octanol–water partition coefficient (Wildman–Crippen LogP) is 8.00. The van der Waals surface area contributed by atoms with Crippen molar-refractivity contribution in [2.75, 3.05) is 25.3 Å². The molecular formula is C28H20Cl3N3O3S. The SMILES string of the molecule is COc1ccc(-c2cc(-c3ccccc3)nc(SCC(=O)Nc3c(Cl)cc(Cl)cc3Cl)c2C#N)cc1OC. The van der Waals surface area contributed by atoms with Gasteiger partial charge in [-0.25, -0.2) is 4.98 Å². The van der Waals surface area contributed by atoms with Gasteiger partial charge in [-0.2, -0.15) is 5.26 Å². The number of methoxy groups -OCH3 is 2. The summed E-state index contributed by atoms with van der Waals surface area (Å²) in [5.41, 5.74) is 3.50. The topological polar surface area (TPSA) is 84.2 Å². The highest BCUT2D eigenvalue weighted by Gasteiger charge is 2.19. The van der Waals surface area contributed by atoms with Crippen molar-refractivity contribution in [3.05, 3.63) is 87.4 Å². The highest BCUT2D eigenvalue weighted by molar-refractivity contribution is 8.00. The fourth-order valence-corrected chi connectivity index (χ4v) is 5.41. The Labute approximate surface area is 239 Å². The van der Waals surface area contributed by atoms with Crippen molar-refractivity contribution in [1.82, 2.24) is 4.98 Å². The van der Waals surface area contributed by atoms with Gasteiger partial charge in [-0.3, -0.25) is 4.79 Å². The van der Waals surface area contributed by atoms with Crippen LogP contribution in [-0.2, 0) is 4.79 Å². The van der Waals surface area contributed by atoms with Crippen LogP contribution in [0.3, 0.4) is 0 Å². The molecule has 192 valence electrons. The number of nitrogens with zero attached hydrogens (tertiary/aromatic N) is 2. The van der Waals surface area contributed by atoms with Gasteiger partial charge in [-0.1, -0.05) is 83.0 Å². The normalized spacial score (nSPS) is 10.5. The maximum atomic E-state index is 12.8. The monoisotopic (exact) mass is 583 g/mol. The first-order valence-corrected chi connectivity index (χ1v) is 13.3. The molecule has 0 saturated heterocycles. The smallest absolute Gasteiger partial charge is 0.234 e. The maximum Gasteiger partial charge on any atom is 0.234 e. The lowest BCUT2D eigenvalue weighted by Crippen LogP contribution is -2.15. The molecule has 4 rings (SSSR count). The van der Waals surface area contributed by atoms with Gasteiger partial charge in [0.25, 0.3) is 0 Å². The van der Waals surface area contributed by atoms with E-state index >= 15 is 0 Å². The lowest BCUT2D eigenvalue weighted by molar-refractivity contribution is -0.113. The van der Waals surface area contributed by atoms with Crippen LogP contribution in [0.1, 0.15) is 5.56 Å². The van der Waals surface area contributed by atoms with Crippen LogP contribution in [0.15, 0.2) is 71.8 Å². The molecule has 0 aliphatic heterocycles. The van der Waals surface area contributed by atoms with E-state index in [0.29, 0.717) is 38.4 Å². The summed E-state index contributed by atoms with van der Waals surface area (Å²) < 4.78 is 10.8. The molecular weight excluding hydrogens is 565 g/mol. The second kappa shape index (κ2) is 12.4. The second-order valence-corrected chi connectivity index (χ2v) is 10.1. The minimum Gasteiger partial charge on any atom is -0.493 e. The van der Waals surface area contributed by atoms with Gasteiger partial charge >= 0.3 is 0 Å². The number of amides is 1. The van der Waals surface area contributed by atoms with Gasteiger partial charge in [0.2, 0.25) is 5.91 Å². The molecule has 10 heteroatoms. The van der Waals surface area contributed by atoms with Crippen molar-refractivity contribution in [1.29, 1.82) is 5.26 Å². The third-order valence-electron chi connectivity index (χ3n) is 5.47. The summed E-state index contributed by atoms with van der Waals surface area (Å²) in [7, 11) is 3.11. The number of ether oxygens (including phenoxy) is 2. The molecule has 38 heavy (non-hydrogen) atoms. The van der Waals surface area contributed by atoms with Gasteiger partial charge in [-0.15, -0.1) is 0 Å². The number of anilines is 1. The second-order valence-electron chi connectivity index (χ2n) is 7.86. The number of carbonyl (C=O) groups excluding carboxylic acids is 1. The van der Waals surface area contributed by atoms with Crippen molar-refractivity contribution in [2.24, 2.45) is 0 Å². The van der Waals surface area contributed by atoms with E-state index in [-0.39, 0.29) is 27.4 Å². The molecule has 4 aromatic rings. The molecule has 1 aromatic heterocycles. The van der Waals surface area contributed by atoms with E-state index in [2.05, 4.69) is 11.4 Å². The molecule has 0 aliphatic rings. The average molecular weight is 585 g/mol. The van der Waals surface area contributed by atoms with E-state index in [1.54, 1.807) is 26.4 Å². The summed E-state index contributed by atoms with van der Waals surface area (Å²) >= 11 is 19.5. The number of nitrogens with one attached hydrogen (secondary N) is 1. The Morgan fingerprint density at radius 2 is 1.63 bits per heavy atom. The van der Waals surface area contributed by atoms with E-state index < -0.39 is 0 Å². The molecule has 1 amide bonds. The summed E-state index contributed by atoms with van der Waals surface area (Å²) in [4.78, 5) is 17.6. The summed E-state index contributed by atoms with van der Waals surface area (Å²) in [6.45, 7) is 0. The highest BCUT2D eigenvalue weighted by Crippen LogP contribution is 2.38. The van der Waals surface area contributed by atoms with Crippen molar-refractivity contribution < 1.29 is 14.3 Å². The molecule has 1 heterocycles.